The molecule has 1 saturated heterocycles. The average molecular weight is 325 g/mol. The smallest absolute Gasteiger partial charge is 0.332 e. The number of hydrogen-bond donors (Lipinski definition) is 2. The molecule has 0 aliphatic carbocycles. The lowest BCUT2D eigenvalue weighted by molar-refractivity contribution is 0.590. The summed E-state index contributed by atoms with van der Waals surface area (Å²) in [5.41, 5.74) is 2.21. The van der Waals surface area contributed by atoms with Crippen LogP contribution in [-0.4, -0.2) is 40.3 Å². The molecule has 0 unspecified atom stereocenters. The molecule has 3 heterocycles. The Morgan fingerprint density at radius 3 is 2.62 bits per heavy atom. The van der Waals surface area contributed by atoms with Gasteiger partial charge in [0.05, 0.1) is 16.9 Å². The number of benzene rings is 1. The highest BCUT2D eigenvalue weighted by Gasteiger charge is 2.16. The van der Waals surface area contributed by atoms with Gasteiger partial charge in [0.15, 0.2) is 0 Å². The molecule has 0 saturated carbocycles. The lowest BCUT2D eigenvalue weighted by Crippen LogP contribution is -2.43. The van der Waals surface area contributed by atoms with Crippen LogP contribution in [0.3, 0.4) is 0 Å². The second-order valence-corrected chi connectivity index (χ2v) is 6.04. The maximum absolute atomic E-state index is 12.1. The first kappa shape index (κ1) is 14.8. The summed E-state index contributed by atoms with van der Waals surface area (Å²) in [6, 6.07) is 7.26. The summed E-state index contributed by atoms with van der Waals surface area (Å²) in [4.78, 5) is 28.0. The summed E-state index contributed by atoms with van der Waals surface area (Å²) in [6.45, 7) is 3.86. The first-order valence-electron chi connectivity index (χ1n) is 8.00. The van der Waals surface area contributed by atoms with E-state index < -0.39 is 11.2 Å². The van der Waals surface area contributed by atoms with E-state index in [-0.39, 0.29) is 0 Å². The molecule has 0 bridgehead atoms. The quantitative estimate of drug-likeness (QED) is 0.716. The minimum Gasteiger partial charge on any atom is -0.367 e. The Labute approximate surface area is 138 Å². The van der Waals surface area contributed by atoms with Gasteiger partial charge in [0.2, 0.25) is 0 Å². The van der Waals surface area contributed by atoms with E-state index in [4.69, 9.17) is 0 Å². The number of hydrogen-bond acceptors (Lipinski definition) is 4. The number of aromatic nitrogens is 3. The van der Waals surface area contributed by atoms with Gasteiger partial charge >= 0.3 is 5.69 Å². The van der Waals surface area contributed by atoms with Gasteiger partial charge in [-0.1, -0.05) is 0 Å². The lowest BCUT2D eigenvalue weighted by atomic mass is 10.2. The van der Waals surface area contributed by atoms with Crippen molar-refractivity contribution in [1.82, 2.24) is 19.4 Å². The Morgan fingerprint density at radius 1 is 1.08 bits per heavy atom. The minimum atomic E-state index is -0.429. The van der Waals surface area contributed by atoms with Gasteiger partial charge in [0, 0.05) is 57.1 Å². The van der Waals surface area contributed by atoms with Crippen LogP contribution in [0.25, 0.3) is 16.6 Å². The second kappa shape index (κ2) is 5.68. The highest BCUT2D eigenvalue weighted by atomic mass is 16.2. The van der Waals surface area contributed by atoms with Crippen LogP contribution < -0.4 is 21.5 Å². The molecule has 0 radical (unpaired) electrons. The number of nitrogens with one attached hydrogen (secondary N) is 2. The molecule has 3 aromatic rings. The van der Waals surface area contributed by atoms with Crippen LogP contribution in [0, 0.1) is 0 Å². The maximum Gasteiger partial charge on any atom is 0.332 e. The van der Waals surface area contributed by atoms with Crippen LogP contribution in [0.5, 0.6) is 0 Å². The molecule has 2 aromatic heterocycles. The Kier molecular flexibility index (Phi) is 3.50. The fourth-order valence-corrected chi connectivity index (χ4v) is 3.29. The number of aromatic amines is 1. The van der Waals surface area contributed by atoms with Gasteiger partial charge in [-0.15, -0.1) is 0 Å². The van der Waals surface area contributed by atoms with Crippen molar-refractivity contribution >= 4 is 16.6 Å². The molecule has 2 N–H and O–H groups in total. The van der Waals surface area contributed by atoms with Crippen molar-refractivity contribution in [2.75, 3.05) is 31.1 Å². The van der Waals surface area contributed by atoms with E-state index in [1.54, 1.807) is 0 Å². The molecule has 0 spiro atoms. The second-order valence-electron chi connectivity index (χ2n) is 6.04. The number of fused-ring (bicyclic) bond motifs is 1. The monoisotopic (exact) mass is 325 g/mol. The normalized spacial score (nSPS) is 15.1. The van der Waals surface area contributed by atoms with Crippen molar-refractivity contribution in [3.8, 4) is 5.69 Å². The zero-order valence-electron chi connectivity index (χ0n) is 13.5. The third-order valence-electron chi connectivity index (χ3n) is 4.51. The van der Waals surface area contributed by atoms with Crippen LogP contribution in [0.1, 0.15) is 0 Å². The van der Waals surface area contributed by atoms with Crippen molar-refractivity contribution < 1.29 is 0 Å². The number of nitrogens with zero attached hydrogens (tertiary/aromatic N) is 3. The van der Waals surface area contributed by atoms with Crippen molar-refractivity contribution in [3.05, 3.63) is 57.5 Å². The molecule has 4 rings (SSSR count). The average Bonchev–Trinajstić information content (AvgIpc) is 2.92. The summed E-state index contributed by atoms with van der Waals surface area (Å²) in [6.07, 6.45) is 3.64. The molecule has 0 atom stereocenters. The van der Waals surface area contributed by atoms with E-state index >= 15 is 0 Å². The number of anilines is 1. The highest BCUT2D eigenvalue weighted by Crippen LogP contribution is 2.30. The summed E-state index contributed by atoms with van der Waals surface area (Å²) in [5, 5.41) is 4.47. The zero-order valence-corrected chi connectivity index (χ0v) is 13.5. The van der Waals surface area contributed by atoms with E-state index in [1.165, 1.54) is 22.5 Å². The van der Waals surface area contributed by atoms with Crippen molar-refractivity contribution in [1.29, 1.82) is 0 Å². The molecule has 1 aliphatic rings. The van der Waals surface area contributed by atoms with E-state index in [2.05, 4.69) is 26.0 Å². The van der Waals surface area contributed by atoms with E-state index in [1.807, 2.05) is 25.2 Å². The Bertz CT molecular complexity index is 1010. The van der Waals surface area contributed by atoms with Crippen LogP contribution >= 0.6 is 0 Å². The van der Waals surface area contributed by atoms with Gasteiger partial charge in [0.25, 0.3) is 5.56 Å². The van der Waals surface area contributed by atoms with Gasteiger partial charge in [-0.25, -0.2) is 4.79 Å². The Hall–Kier alpha value is -2.80. The van der Waals surface area contributed by atoms with Crippen molar-refractivity contribution in [2.45, 2.75) is 0 Å². The van der Waals surface area contributed by atoms with Gasteiger partial charge in [-0.3, -0.25) is 14.3 Å². The molecule has 1 fully saturated rings. The first-order chi connectivity index (χ1) is 11.6. The standard InChI is InChI=1S/C17H19N5O2/c1-20-11-15(21-8-5-18-6-9-21)13-10-12(2-3-14(13)20)22-7-4-16(23)19-17(22)24/h2-4,7,10-11,18H,5-6,8-9H2,1H3,(H,19,23,24). The predicted molar refractivity (Wildman–Crippen MR) is 94.2 cm³/mol. The number of H-pyrrole nitrogens is 1. The Balaban J connectivity index is 1.87. The fraction of sp³-hybridized carbons (Fsp3) is 0.294. The summed E-state index contributed by atoms with van der Waals surface area (Å²) < 4.78 is 3.56. The third kappa shape index (κ3) is 2.43. The minimum absolute atomic E-state index is 0.390. The van der Waals surface area contributed by atoms with Crippen molar-refractivity contribution in [2.24, 2.45) is 7.05 Å². The molecule has 7 heteroatoms. The van der Waals surface area contributed by atoms with Crippen molar-refractivity contribution in [3.63, 3.8) is 0 Å². The summed E-state index contributed by atoms with van der Waals surface area (Å²) in [5.74, 6) is 0. The third-order valence-corrected chi connectivity index (χ3v) is 4.51. The van der Waals surface area contributed by atoms with Crippen LogP contribution in [0.2, 0.25) is 0 Å². The topological polar surface area (TPSA) is 75.1 Å². The Morgan fingerprint density at radius 2 is 1.88 bits per heavy atom. The molecular formula is C17H19N5O2. The largest absolute Gasteiger partial charge is 0.367 e. The highest BCUT2D eigenvalue weighted by molar-refractivity contribution is 5.95. The number of aryl methyl sites for hydroxylation is 1. The number of piperazine rings is 1. The zero-order chi connectivity index (χ0) is 16.7. The number of rotatable bonds is 2. The lowest BCUT2D eigenvalue weighted by Gasteiger charge is -2.28. The molecule has 7 nitrogen and oxygen atoms in total. The molecule has 1 aliphatic heterocycles. The molecule has 124 valence electrons. The van der Waals surface area contributed by atoms with Gasteiger partial charge in [-0.05, 0) is 18.2 Å². The maximum atomic E-state index is 12.1. The van der Waals surface area contributed by atoms with E-state index in [0.717, 1.165) is 42.8 Å². The van der Waals surface area contributed by atoms with Crippen LogP contribution in [-0.2, 0) is 7.05 Å². The SMILES string of the molecule is Cn1cc(N2CCNCC2)c2cc(-n3ccc(=O)[nH]c3=O)ccc21. The van der Waals surface area contributed by atoms with E-state index in [0.29, 0.717) is 0 Å². The molecule has 0 amide bonds. The van der Waals surface area contributed by atoms with Crippen LogP contribution in [0.15, 0.2) is 46.2 Å². The van der Waals surface area contributed by atoms with Gasteiger partial charge < -0.3 is 14.8 Å². The molecular weight excluding hydrogens is 306 g/mol. The fourth-order valence-electron chi connectivity index (χ4n) is 3.29. The van der Waals surface area contributed by atoms with Gasteiger partial charge in [-0.2, -0.15) is 0 Å². The predicted octanol–water partition coefficient (Wildman–Crippen LogP) is 0.427. The first-order valence-corrected chi connectivity index (χ1v) is 8.00. The van der Waals surface area contributed by atoms with Crippen LogP contribution in [0.4, 0.5) is 5.69 Å². The van der Waals surface area contributed by atoms with E-state index in [9.17, 15) is 9.59 Å². The molecule has 1 aromatic carbocycles. The van der Waals surface area contributed by atoms with Gasteiger partial charge in [0.1, 0.15) is 0 Å². The summed E-state index contributed by atoms with van der Waals surface area (Å²) in [7, 11) is 2.03. The summed E-state index contributed by atoms with van der Waals surface area (Å²) >= 11 is 0. The molecule has 24 heavy (non-hydrogen) atoms.